The van der Waals surface area contributed by atoms with E-state index in [1.807, 2.05) is 13.0 Å². The minimum Gasteiger partial charge on any atom is -0.366 e. The van der Waals surface area contributed by atoms with Crippen LogP contribution in [-0.4, -0.2) is 36.9 Å². The summed E-state index contributed by atoms with van der Waals surface area (Å²) in [5.74, 6) is 0.465. The normalized spacial score (nSPS) is 18.7. The number of carbonyl (C=O) groups excluding carboxylic acids is 1. The average Bonchev–Trinajstić information content (AvgIpc) is 2.90. The largest absolute Gasteiger partial charge is 0.366 e. The highest BCUT2D eigenvalue weighted by Crippen LogP contribution is 2.21. The van der Waals surface area contributed by atoms with Crippen molar-refractivity contribution in [3.63, 3.8) is 0 Å². The van der Waals surface area contributed by atoms with Crippen molar-refractivity contribution in [1.82, 2.24) is 4.98 Å². The molecule has 0 bridgehead atoms. The highest BCUT2D eigenvalue weighted by Gasteiger charge is 2.28. The predicted molar refractivity (Wildman–Crippen MR) is 99.1 cm³/mol. The summed E-state index contributed by atoms with van der Waals surface area (Å²) in [6, 6.07) is 8.34. The Kier molecular flexibility index (Phi) is 4.96. The van der Waals surface area contributed by atoms with Crippen molar-refractivity contribution in [2.75, 3.05) is 22.1 Å². The lowest BCUT2D eigenvalue weighted by molar-refractivity contribution is 0.102. The van der Waals surface area contributed by atoms with Crippen molar-refractivity contribution < 1.29 is 13.2 Å². The van der Waals surface area contributed by atoms with Crippen LogP contribution in [0.3, 0.4) is 0 Å². The van der Waals surface area contributed by atoms with Crippen LogP contribution in [0.1, 0.15) is 22.3 Å². The lowest BCUT2D eigenvalue weighted by Crippen LogP contribution is -2.21. The molecule has 2 heterocycles. The summed E-state index contributed by atoms with van der Waals surface area (Å²) in [5, 5.41) is 6.45. The average molecular weight is 380 g/mol. The zero-order valence-electron chi connectivity index (χ0n) is 13.6. The molecule has 1 aromatic heterocycles. The topological polar surface area (TPSA) is 88.2 Å². The zero-order chi connectivity index (χ0) is 18.0. The fraction of sp³-hybridized carbons (Fsp3) is 0.294. The molecule has 0 aliphatic carbocycles. The van der Waals surface area contributed by atoms with Crippen LogP contribution in [-0.2, 0) is 9.84 Å². The molecule has 1 fully saturated rings. The third-order valence-electron chi connectivity index (χ3n) is 4.04. The first kappa shape index (κ1) is 17.7. The summed E-state index contributed by atoms with van der Waals surface area (Å²) in [4.78, 5) is 16.6. The molecule has 3 rings (SSSR count). The molecule has 0 spiro atoms. The molecule has 0 radical (unpaired) electrons. The minimum atomic E-state index is -2.97. The molecule has 1 unspecified atom stereocenters. The van der Waals surface area contributed by atoms with E-state index in [2.05, 4.69) is 15.6 Å². The van der Waals surface area contributed by atoms with Crippen LogP contribution < -0.4 is 10.6 Å². The highest BCUT2D eigenvalue weighted by molar-refractivity contribution is 7.91. The molecule has 2 N–H and O–H groups in total. The molecule has 1 atom stereocenters. The van der Waals surface area contributed by atoms with Crippen LogP contribution in [0.4, 0.5) is 11.5 Å². The Bertz CT molecular complexity index is 915. The van der Waals surface area contributed by atoms with E-state index in [-0.39, 0.29) is 23.5 Å². The minimum absolute atomic E-state index is 0.0902. The Morgan fingerprint density at radius 1 is 1.28 bits per heavy atom. The fourth-order valence-electron chi connectivity index (χ4n) is 2.64. The number of pyridine rings is 1. The van der Waals surface area contributed by atoms with Crippen molar-refractivity contribution in [2.24, 2.45) is 0 Å². The van der Waals surface area contributed by atoms with Crippen molar-refractivity contribution in [3.05, 3.63) is 52.7 Å². The van der Waals surface area contributed by atoms with Gasteiger partial charge in [0, 0.05) is 28.5 Å². The molecule has 2 aromatic rings. The Balaban J connectivity index is 1.70. The van der Waals surface area contributed by atoms with Gasteiger partial charge in [-0.15, -0.1) is 0 Å². The third-order valence-corrected chi connectivity index (χ3v) is 6.21. The number of halogens is 1. The number of nitrogens with zero attached hydrogens (tertiary/aromatic N) is 1. The van der Waals surface area contributed by atoms with E-state index in [1.165, 1.54) is 6.20 Å². The SMILES string of the molecule is Cc1ccc(NC(=O)c2ccnc(NC3CCS(=O)(=O)C3)c2)cc1Cl. The summed E-state index contributed by atoms with van der Waals surface area (Å²) in [6.07, 6.45) is 2.06. The second kappa shape index (κ2) is 7.01. The Morgan fingerprint density at radius 3 is 2.76 bits per heavy atom. The summed E-state index contributed by atoms with van der Waals surface area (Å²) in [5.41, 5.74) is 1.96. The monoisotopic (exact) mass is 379 g/mol. The van der Waals surface area contributed by atoms with E-state index < -0.39 is 9.84 Å². The van der Waals surface area contributed by atoms with Crippen molar-refractivity contribution in [3.8, 4) is 0 Å². The number of aromatic nitrogens is 1. The van der Waals surface area contributed by atoms with E-state index in [1.54, 1.807) is 24.3 Å². The first-order chi connectivity index (χ1) is 11.8. The summed E-state index contributed by atoms with van der Waals surface area (Å²) < 4.78 is 23.1. The van der Waals surface area contributed by atoms with Gasteiger partial charge < -0.3 is 10.6 Å². The summed E-state index contributed by atoms with van der Waals surface area (Å²) >= 11 is 6.07. The highest BCUT2D eigenvalue weighted by atomic mass is 35.5. The molecule has 6 nitrogen and oxygen atoms in total. The number of anilines is 2. The van der Waals surface area contributed by atoms with Gasteiger partial charge >= 0.3 is 0 Å². The molecular weight excluding hydrogens is 362 g/mol. The van der Waals surface area contributed by atoms with Gasteiger partial charge in [0.1, 0.15) is 5.82 Å². The number of amides is 1. The van der Waals surface area contributed by atoms with Crippen molar-refractivity contribution >= 4 is 38.9 Å². The maximum Gasteiger partial charge on any atom is 0.255 e. The summed E-state index contributed by atoms with van der Waals surface area (Å²) in [6.45, 7) is 1.89. The number of benzene rings is 1. The van der Waals surface area contributed by atoms with E-state index in [0.717, 1.165) is 5.56 Å². The molecule has 25 heavy (non-hydrogen) atoms. The Hall–Kier alpha value is -2.12. The van der Waals surface area contributed by atoms with E-state index >= 15 is 0 Å². The number of hydrogen-bond donors (Lipinski definition) is 2. The van der Waals surface area contributed by atoms with Crippen LogP contribution in [0.5, 0.6) is 0 Å². The van der Waals surface area contributed by atoms with Gasteiger partial charge in [-0.3, -0.25) is 4.79 Å². The van der Waals surface area contributed by atoms with E-state index in [0.29, 0.717) is 28.5 Å². The van der Waals surface area contributed by atoms with Gasteiger partial charge in [0.25, 0.3) is 5.91 Å². The molecule has 1 aromatic carbocycles. The van der Waals surface area contributed by atoms with E-state index in [4.69, 9.17) is 11.6 Å². The van der Waals surface area contributed by atoms with Crippen LogP contribution in [0.25, 0.3) is 0 Å². The summed E-state index contributed by atoms with van der Waals surface area (Å²) in [7, 11) is -2.97. The fourth-order valence-corrected chi connectivity index (χ4v) is 4.50. The van der Waals surface area contributed by atoms with Gasteiger partial charge in [-0.1, -0.05) is 17.7 Å². The first-order valence-electron chi connectivity index (χ1n) is 7.83. The number of rotatable bonds is 4. The quantitative estimate of drug-likeness (QED) is 0.852. The van der Waals surface area contributed by atoms with Gasteiger partial charge in [0.15, 0.2) is 9.84 Å². The number of hydrogen-bond acceptors (Lipinski definition) is 5. The predicted octanol–water partition coefficient (Wildman–Crippen LogP) is 2.89. The molecule has 1 saturated heterocycles. The van der Waals surface area contributed by atoms with Gasteiger partial charge in [0.05, 0.1) is 11.5 Å². The molecule has 0 saturated carbocycles. The zero-order valence-corrected chi connectivity index (χ0v) is 15.2. The third kappa shape index (κ3) is 4.49. The van der Waals surface area contributed by atoms with Gasteiger partial charge in [-0.25, -0.2) is 13.4 Å². The standard InChI is InChI=1S/C17H18ClN3O3S/c1-11-2-3-13(9-15(11)18)21-17(22)12-4-6-19-16(8-12)20-14-5-7-25(23,24)10-14/h2-4,6,8-9,14H,5,7,10H2,1H3,(H,19,20)(H,21,22). The van der Waals surface area contributed by atoms with Gasteiger partial charge in [0.2, 0.25) is 0 Å². The second-order valence-corrected chi connectivity index (χ2v) is 8.73. The van der Waals surface area contributed by atoms with Crippen LogP contribution >= 0.6 is 11.6 Å². The number of sulfone groups is 1. The van der Waals surface area contributed by atoms with E-state index in [9.17, 15) is 13.2 Å². The molecule has 1 amide bonds. The van der Waals surface area contributed by atoms with Gasteiger partial charge in [-0.2, -0.15) is 0 Å². The van der Waals surface area contributed by atoms with Crippen LogP contribution in [0.15, 0.2) is 36.5 Å². The first-order valence-corrected chi connectivity index (χ1v) is 10.0. The molecule has 1 aliphatic rings. The number of aryl methyl sites for hydroxylation is 1. The van der Waals surface area contributed by atoms with Crippen molar-refractivity contribution in [1.29, 1.82) is 0 Å². The molecule has 8 heteroatoms. The molecule has 1 aliphatic heterocycles. The van der Waals surface area contributed by atoms with Crippen LogP contribution in [0.2, 0.25) is 5.02 Å². The lowest BCUT2D eigenvalue weighted by Gasteiger charge is -2.12. The maximum absolute atomic E-state index is 12.4. The molecule has 132 valence electrons. The Morgan fingerprint density at radius 2 is 2.08 bits per heavy atom. The van der Waals surface area contributed by atoms with Gasteiger partial charge in [-0.05, 0) is 43.2 Å². The smallest absolute Gasteiger partial charge is 0.255 e. The number of carbonyl (C=O) groups is 1. The van der Waals surface area contributed by atoms with Crippen LogP contribution in [0, 0.1) is 6.92 Å². The van der Waals surface area contributed by atoms with Crippen molar-refractivity contribution in [2.45, 2.75) is 19.4 Å². The lowest BCUT2D eigenvalue weighted by atomic mass is 10.2. The number of nitrogens with one attached hydrogen (secondary N) is 2. The molecular formula is C17H18ClN3O3S. The Labute approximate surface area is 151 Å². The second-order valence-electron chi connectivity index (χ2n) is 6.09. The maximum atomic E-state index is 12.4.